The molecular formula is C26H26N4O3S. The van der Waals surface area contributed by atoms with Gasteiger partial charge in [-0.3, -0.25) is 10.1 Å². The molecular weight excluding hydrogens is 448 g/mol. The van der Waals surface area contributed by atoms with Crippen LogP contribution in [0.5, 0.6) is 11.5 Å². The van der Waals surface area contributed by atoms with E-state index in [4.69, 9.17) is 9.47 Å². The van der Waals surface area contributed by atoms with Crippen LogP contribution in [-0.2, 0) is 17.6 Å². The van der Waals surface area contributed by atoms with E-state index in [1.807, 2.05) is 43.3 Å². The lowest BCUT2D eigenvalue weighted by Gasteiger charge is -2.11. The van der Waals surface area contributed by atoms with Gasteiger partial charge in [0.05, 0.1) is 0 Å². The summed E-state index contributed by atoms with van der Waals surface area (Å²) in [5.41, 5.74) is 1.77. The summed E-state index contributed by atoms with van der Waals surface area (Å²) >= 11 is 1.31. The molecule has 2 aromatic carbocycles. The molecule has 0 aliphatic rings. The molecule has 0 saturated carbocycles. The number of nitriles is 1. The number of amides is 1. The summed E-state index contributed by atoms with van der Waals surface area (Å²) in [7, 11) is 0. The Labute approximate surface area is 203 Å². The van der Waals surface area contributed by atoms with Crippen molar-refractivity contribution >= 4 is 28.5 Å². The molecule has 0 bridgehead atoms. The first-order chi connectivity index (χ1) is 16.6. The van der Waals surface area contributed by atoms with Crippen LogP contribution in [0.1, 0.15) is 29.5 Å². The van der Waals surface area contributed by atoms with Crippen molar-refractivity contribution in [3.05, 3.63) is 82.9 Å². The standard InChI is InChI=1S/C26H26N4O3S/c1-3-7-20-9-5-6-10-23(20)33-16-15-32-22-13-11-19(12-14-22)17-21(18-27)25(31)28-26-30-29-24(34-26)8-4-2/h3,5-6,9-14,17H,1,4,7-8,15-16H2,2H3,(H,28,30,31)/b21-17-. The third kappa shape index (κ3) is 7.29. The molecule has 1 aromatic heterocycles. The third-order valence-electron chi connectivity index (χ3n) is 4.65. The Bertz CT molecular complexity index is 1180. The predicted molar refractivity (Wildman–Crippen MR) is 134 cm³/mol. The maximum Gasteiger partial charge on any atom is 0.268 e. The Morgan fingerprint density at radius 3 is 2.65 bits per heavy atom. The second kappa shape index (κ2) is 12.9. The monoisotopic (exact) mass is 474 g/mol. The summed E-state index contributed by atoms with van der Waals surface area (Å²) in [5.74, 6) is 0.972. The van der Waals surface area contributed by atoms with E-state index in [1.165, 1.54) is 17.4 Å². The van der Waals surface area contributed by atoms with Gasteiger partial charge in [-0.25, -0.2) is 0 Å². The van der Waals surface area contributed by atoms with Crippen LogP contribution in [0.15, 0.2) is 66.8 Å². The van der Waals surface area contributed by atoms with Gasteiger partial charge in [0.2, 0.25) is 5.13 Å². The number of carbonyl (C=O) groups is 1. The fourth-order valence-electron chi connectivity index (χ4n) is 3.04. The number of hydrogen-bond donors (Lipinski definition) is 1. The number of hydrogen-bond acceptors (Lipinski definition) is 7. The molecule has 0 unspecified atom stereocenters. The molecule has 34 heavy (non-hydrogen) atoms. The summed E-state index contributed by atoms with van der Waals surface area (Å²) in [6, 6.07) is 16.9. The quantitative estimate of drug-likeness (QED) is 0.167. The third-order valence-corrected chi connectivity index (χ3v) is 5.55. The van der Waals surface area contributed by atoms with Crippen molar-refractivity contribution in [3.63, 3.8) is 0 Å². The Kier molecular flexibility index (Phi) is 9.38. The molecule has 0 spiro atoms. The molecule has 174 valence electrons. The smallest absolute Gasteiger partial charge is 0.268 e. The number of ether oxygens (including phenoxy) is 2. The molecule has 7 nitrogen and oxygen atoms in total. The van der Waals surface area contributed by atoms with Gasteiger partial charge in [-0.2, -0.15) is 5.26 Å². The first-order valence-electron chi connectivity index (χ1n) is 10.9. The van der Waals surface area contributed by atoms with E-state index in [0.717, 1.165) is 35.6 Å². The average Bonchev–Trinajstić information content (AvgIpc) is 3.29. The minimum Gasteiger partial charge on any atom is -0.490 e. The molecule has 0 fully saturated rings. The predicted octanol–water partition coefficient (Wildman–Crippen LogP) is 5.22. The molecule has 0 saturated heterocycles. The molecule has 8 heteroatoms. The molecule has 1 N–H and O–H groups in total. The summed E-state index contributed by atoms with van der Waals surface area (Å²) in [5, 5.41) is 21.3. The van der Waals surface area contributed by atoms with Gasteiger partial charge < -0.3 is 9.47 Å². The van der Waals surface area contributed by atoms with Crippen LogP contribution in [-0.4, -0.2) is 29.3 Å². The van der Waals surface area contributed by atoms with Gasteiger partial charge in [-0.15, -0.1) is 16.8 Å². The van der Waals surface area contributed by atoms with E-state index in [2.05, 4.69) is 22.1 Å². The van der Waals surface area contributed by atoms with Crippen LogP contribution >= 0.6 is 11.3 Å². The number of rotatable bonds is 12. The van der Waals surface area contributed by atoms with E-state index in [9.17, 15) is 10.1 Å². The summed E-state index contributed by atoms with van der Waals surface area (Å²) in [6.07, 6.45) is 5.86. The lowest BCUT2D eigenvalue weighted by molar-refractivity contribution is -0.112. The van der Waals surface area contributed by atoms with Crippen LogP contribution in [0.4, 0.5) is 5.13 Å². The number of nitrogens with one attached hydrogen (secondary N) is 1. The summed E-state index contributed by atoms with van der Waals surface area (Å²) in [6.45, 7) is 6.60. The van der Waals surface area contributed by atoms with Crippen LogP contribution < -0.4 is 14.8 Å². The largest absolute Gasteiger partial charge is 0.490 e. The minimum absolute atomic E-state index is 0.0208. The maximum absolute atomic E-state index is 12.4. The van der Waals surface area contributed by atoms with Crippen molar-refractivity contribution in [2.45, 2.75) is 26.2 Å². The lowest BCUT2D eigenvalue weighted by atomic mass is 10.1. The first kappa shape index (κ1) is 24.7. The molecule has 0 aliphatic carbocycles. The van der Waals surface area contributed by atoms with E-state index >= 15 is 0 Å². The molecule has 0 aliphatic heterocycles. The zero-order valence-electron chi connectivity index (χ0n) is 19.0. The van der Waals surface area contributed by atoms with Gasteiger partial charge in [-0.05, 0) is 48.2 Å². The number of nitrogens with zero attached hydrogens (tertiary/aromatic N) is 3. The van der Waals surface area contributed by atoms with Crippen molar-refractivity contribution in [1.82, 2.24) is 10.2 Å². The second-order valence-electron chi connectivity index (χ2n) is 7.24. The molecule has 1 heterocycles. The van der Waals surface area contributed by atoms with Gasteiger partial charge in [0.1, 0.15) is 41.4 Å². The van der Waals surface area contributed by atoms with Gasteiger partial charge in [-0.1, -0.05) is 54.7 Å². The lowest BCUT2D eigenvalue weighted by Crippen LogP contribution is -2.13. The zero-order valence-corrected chi connectivity index (χ0v) is 19.8. The number of aromatic nitrogens is 2. The molecule has 3 rings (SSSR count). The van der Waals surface area contributed by atoms with E-state index < -0.39 is 5.91 Å². The van der Waals surface area contributed by atoms with E-state index in [0.29, 0.717) is 29.7 Å². The first-order valence-corrected chi connectivity index (χ1v) is 11.7. The fraction of sp³-hybridized carbons (Fsp3) is 0.231. The number of carbonyl (C=O) groups excluding carboxylic acids is 1. The van der Waals surface area contributed by atoms with Gasteiger partial charge in [0, 0.05) is 6.42 Å². The molecule has 3 aromatic rings. The highest BCUT2D eigenvalue weighted by atomic mass is 32.1. The number of benzene rings is 2. The molecule has 0 atom stereocenters. The minimum atomic E-state index is -0.518. The topological polar surface area (TPSA) is 97.1 Å². The number of aryl methyl sites for hydroxylation is 1. The van der Waals surface area contributed by atoms with Gasteiger partial charge in [0.15, 0.2) is 0 Å². The van der Waals surface area contributed by atoms with Crippen LogP contribution in [0, 0.1) is 11.3 Å². The van der Waals surface area contributed by atoms with Crippen molar-refractivity contribution in [2.24, 2.45) is 0 Å². The zero-order chi connectivity index (χ0) is 24.2. The van der Waals surface area contributed by atoms with Crippen molar-refractivity contribution in [3.8, 4) is 17.6 Å². The van der Waals surface area contributed by atoms with Gasteiger partial charge in [0.25, 0.3) is 5.91 Å². The molecule has 1 amide bonds. The molecule has 0 radical (unpaired) electrons. The Morgan fingerprint density at radius 2 is 1.91 bits per heavy atom. The highest BCUT2D eigenvalue weighted by molar-refractivity contribution is 7.15. The van der Waals surface area contributed by atoms with E-state index in [1.54, 1.807) is 24.3 Å². The number of anilines is 1. The van der Waals surface area contributed by atoms with Gasteiger partial charge >= 0.3 is 0 Å². The van der Waals surface area contributed by atoms with Crippen LogP contribution in [0.2, 0.25) is 0 Å². The normalized spacial score (nSPS) is 10.9. The second-order valence-corrected chi connectivity index (χ2v) is 8.30. The Balaban J connectivity index is 1.52. The van der Waals surface area contributed by atoms with Crippen LogP contribution in [0.25, 0.3) is 6.08 Å². The fourth-order valence-corrected chi connectivity index (χ4v) is 3.88. The van der Waals surface area contributed by atoms with E-state index in [-0.39, 0.29) is 5.57 Å². The van der Waals surface area contributed by atoms with Crippen molar-refractivity contribution < 1.29 is 14.3 Å². The number of allylic oxidation sites excluding steroid dienone is 1. The van der Waals surface area contributed by atoms with Crippen LogP contribution in [0.3, 0.4) is 0 Å². The highest BCUT2D eigenvalue weighted by Crippen LogP contribution is 2.20. The highest BCUT2D eigenvalue weighted by Gasteiger charge is 2.13. The SMILES string of the molecule is C=CCc1ccccc1OCCOc1ccc(/C=C(/C#N)C(=O)Nc2nnc(CCC)s2)cc1. The summed E-state index contributed by atoms with van der Waals surface area (Å²) < 4.78 is 11.6. The summed E-state index contributed by atoms with van der Waals surface area (Å²) in [4.78, 5) is 12.4. The van der Waals surface area contributed by atoms with Crippen molar-refractivity contribution in [1.29, 1.82) is 5.26 Å². The maximum atomic E-state index is 12.4. The van der Waals surface area contributed by atoms with Crippen molar-refractivity contribution in [2.75, 3.05) is 18.5 Å². The Hall–Kier alpha value is -3.96. The average molecular weight is 475 g/mol. The Morgan fingerprint density at radius 1 is 1.15 bits per heavy atom. The number of para-hydroxylation sites is 1.